The number of halogens is 2. The highest BCUT2D eigenvalue weighted by Gasteiger charge is 1.93. The van der Waals surface area contributed by atoms with Gasteiger partial charge in [-0.05, 0) is 50.2 Å². The first-order valence-electron chi connectivity index (χ1n) is 4.41. The normalized spacial score (nSPS) is 14.9. The van der Waals surface area contributed by atoms with E-state index in [1.54, 1.807) is 0 Å². The maximum atomic E-state index is 11.9. The number of benzene rings is 1. The Hall–Kier alpha value is -0.960. The van der Waals surface area contributed by atoms with Crippen molar-refractivity contribution < 1.29 is 8.78 Å². The summed E-state index contributed by atoms with van der Waals surface area (Å²) in [6, 6.07) is 4.31. The van der Waals surface area contributed by atoms with Gasteiger partial charge in [-0.15, -0.1) is 0 Å². The van der Waals surface area contributed by atoms with Crippen LogP contribution in [-0.4, -0.2) is 13.1 Å². The van der Waals surface area contributed by atoms with Crippen LogP contribution in [-0.2, 0) is 0 Å². The van der Waals surface area contributed by atoms with E-state index in [1.807, 2.05) is 0 Å². The second-order valence-electron chi connectivity index (χ2n) is 2.89. The van der Waals surface area contributed by atoms with Gasteiger partial charge >= 0.3 is 0 Å². The van der Waals surface area contributed by atoms with E-state index in [0.717, 1.165) is 24.3 Å². The zero-order chi connectivity index (χ0) is 9.52. The van der Waals surface area contributed by atoms with E-state index in [9.17, 15) is 8.78 Å². The maximum absolute atomic E-state index is 11.9. The van der Waals surface area contributed by atoms with Gasteiger partial charge in [0.05, 0.1) is 0 Å². The molecule has 0 spiro atoms. The van der Waals surface area contributed by atoms with Crippen molar-refractivity contribution in [3.8, 4) is 0 Å². The molecule has 0 aliphatic carbocycles. The third-order valence-electron chi connectivity index (χ3n) is 1.76. The van der Waals surface area contributed by atoms with Gasteiger partial charge in [-0.1, -0.05) is 0 Å². The predicted molar refractivity (Wildman–Crippen MR) is 48.5 cm³/mol. The standard InChI is InChI=1S/C6H4F2.C4H9N/c7-5-1-2-6(8)4-3-5;1-2-4-5-3-1/h1-4H;5H,1-4H2. The van der Waals surface area contributed by atoms with E-state index in [0.29, 0.717) is 0 Å². The highest BCUT2D eigenvalue weighted by molar-refractivity contribution is 5.04. The van der Waals surface area contributed by atoms with Crippen LogP contribution in [0, 0.1) is 11.6 Å². The molecular formula is C10H13F2N. The quantitative estimate of drug-likeness (QED) is 0.654. The fourth-order valence-electron chi connectivity index (χ4n) is 1.05. The summed E-state index contributed by atoms with van der Waals surface area (Å²) in [5.41, 5.74) is 0. The molecule has 2 rings (SSSR count). The van der Waals surface area contributed by atoms with E-state index in [-0.39, 0.29) is 0 Å². The van der Waals surface area contributed by atoms with Gasteiger partial charge in [-0.25, -0.2) is 8.78 Å². The number of rotatable bonds is 0. The molecule has 1 saturated heterocycles. The minimum absolute atomic E-state index is 0.411. The molecule has 0 bridgehead atoms. The minimum Gasteiger partial charge on any atom is -0.317 e. The van der Waals surface area contributed by atoms with Crippen molar-refractivity contribution in [2.45, 2.75) is 12.8 Å². The molecule has 0 radical (unpaired) electrons. The molecular weight excluding hydrogens is 172 g/mol. The largest absolute Gasteiger partial charge is 0.317 e. The molecule has 1 heterocycles. The monoisotopic (exact) mass is 185 g/mol. The van der Waals surface area contributed by atoms with Crippen LogP contribution < -0.4 is 5.32 Å². The van der Waals surface area contributed by atoms with Crippen molar-refractivity contribution in [1.29, 1.82) is 0 Å². The SMILES string of the molecule is C1CCNC1.Fc1ccc(F)cc1. The van der Waals surface area contributed by atoms with E-state index < -0.39 is 11.6 Å². The lowest BCUT2D eigenvalue weighted by molar-refractivity contribution is 0.600. The summed E-state index contributed by atoms with van der Waals surface area (Å²) in [4.78, 5) is 0. The highest BCUT2D eigenvalue weighted by Crippen LogP contribution is 1.98. The van der Waals surface area contributed by atoms with Gasteiger partial charge in [0.1, 0.15) is 11.6 Å². The van der Waals surface area contributed by atoms with E-state index in [4.69, 9.17) is 0 Å². The fourth-order valence-corrected chi connectivity index (χ4v) is 1.05. The van der Waals surface area contributed by atoms with E-state index >= 15 is 0 Å². The Morgan fingerprint density at radius 3 is 1.46 bits per heavy atom. The van der Waals surface area contributed by atoms with Crippen LogP contribution in [0.5, 0.6) is 0 Å². The molecule has 72 valence electrons. The smallest absolute Gasteiger partial charge is 0.123 e. The molecule has 1 aromatic carbocycles. The van der Waals surface area contributed by atoms with Gasteiger partial charge in [0.25, 0.3) is 0 Å². The second kappa shape index (κ2) is 5.65. The van der Waals surface area contributed by atoms with Crippen molar-refractivity contribution in [2.75, 3.05) is 13.1 Å². The van der Waals surface area contributed by atoms with Crippen LogP contribution in [0.2, 0.25) is 0 Å². The lowest BCUT2D eigenvalue weighted by Gasteiger charge is -1.83. The van der Waals surface area contributed by atoms with Gasteiger partial charge in [0, 0.05) is 0 Å². The number of hydrogen-bond donors (Lipinski definition) is 1. The molecule has 1 fully saturated rings. The minimum atomic E-state index is -0.411. The van der Waals surface area contributed by atoms with Gasteiger partial charge in [-0.2, -0.15) is 0 Å². The van der Waals surface area contributed by atoms with Crippen LogP contribution in [0.15, 0.2) is 24.3 Å². The first-order valence-corrected chi connectivity index (χ1v) is 4.41. The summed E-state index contributed by atoms with van der Waals surface area (Å²) in [7, 11) is 0. The average Bonchev–Trinajstić information content (AvgIpc) is 2.68. The molecule has 0 unspecified atom stereocenters. The van der Waals surface area contributed by atoms with Crippen molar-refractivity contribution >= 4 is 0 Å². The molecule has 1 aromatic rings. The molecule has 0 amide bonds. The van der Waals surface area contributed by atoms with Crippen LogP contribution in [0.3, 0.4) is 0 Å². The van der Waals surface area contributed by atoms with E-state index in [2.05, 4.69) is 5.32 Å². The maximum Gasteiger partial charge on any atom is 0.123 e. The summed E-state index contributed by atoms with van der Waals surface area (Å²) in [6.45, 7) is 2.50. The van der Waals surface area contributed by atoms with Crippen LogP contribution in [0.25, 0.3) is 0 Å². The van der Waals surface area contributed by atoms with Crippen LogP contribution >= 0.6 is 0 Å². The highest BCUT2D eigenvalue weighted by atomic mass is 19.1. The molecule has 3 heteroatoms. The molecule has 1 N–H and O–H groups in total. The van der Waals surface area contributed by atoms with Crippen molar-refractivity contribution in [2.24, 2.45) is 0 Å². The molecule has 1 nitrogen and oxygen atoms in total. The number of hydrogen-bond acceptors (Lipinski definition) is 1. The third-order valence-corrected chi connectivity index (χ3v) is 1.76. The number of nitrogens with one attached hydrogen (secondary N) is 1. The first kappa shape index (κ1) is 10.1. The van der Waals surface area contributed by atoms with Crippen molar-refractivity contribution in [1.82, 2.24) is 5.32 Å². The third kappa shape index (κ3) is 4.58. The van der Waals surface area contributed by atoms with Crippen LogP contribution in [0.1, 0.15) is 12.8 Å². The van der Waals surface area contributed by atoms with Crippen LogP contribution in [0.4, 0.5) is 8.78 Å². The fraction of sp³-hybridized carbons (Fsp3) is 0.400. The van der Waals surface area contributed by atoms with Crippen molar-refractivity contribution in [3.05, 3.63) is 35.9 Å². The Bertz CT molecular complexity index is 201. The zero-order valence-electron chi connectivity index (χ0n) is 7.39. The van der Waals surface area contributed by atoms with Gasteiger partial charge in [0.15, 0.2) is 0 Å². The van der Waals surface area contributed by atoms with Crippen molar-refractivity contribution in [3.63, 3.8) is 0 Å². The lowest BCUT2D eigenvalue weighted by atomic mass is 10.3. The molecule has 0 saturated carbocycles. The molecule has 0 aromatic heterocycles. The Kier molecular flexibility index (Phi) is 4.40. The van der Waals surface area contributed by atoms with Gasteiger partial charge in [0.2, 0.25) is 0 Å². The van der Waals surface area contributed by atoms with E-state index in [1.165, 1.54) is 25.9 Å². The summed E-state index contributed by atoms with van der Waals surface area (Å²) < 4.78 is 23.8. The summed E-state index contributed by atoms with van der Waals surface area (Å²) in [6.07, 6.45) is 2.78. The Labute approximate surface area is 76.8 Å². The Morgan fingerprint density at radius 1 is 0.846 bits per heavy atom. The van der Waals surface area contributed by atoms with Gasteiger partial charge < -0.3 is 5.32 Å². The zero-order valence-corrected chi connectivity index (χ0v) is 7.39. The summed E-state index contributed by atoms with van der Waals surface area (Å²) >= 11 is 0. The second-order valence-corrected chi connectivity index (χ2v) is 2.89. The topological polar surface area (TPSA) is 12.0 Å². The first-order chi connectivity index (χ1) is 6.29. The average molecular weight is 185 g/mol. The molecule has 0 atom stereocenters. The summed E-state index contributed by atoms with van der Waals surface area (Å²) in [5.74, 6) is -0.821. The molecule has 1 aliphatic rings. The Morgan fingerprint density at radius 2 is 1.23 bits per heavy atom. The lowest BCUT2D eigenvalue weighted by Crippen LogP contribution is -2.03. The molecule has 1 aliphatic heterocycles. The Balaban J connectivity index is 0.000000145. The van der Waals surface area contributed by atoms with Gasteiger partial charge in [-0.3, -0.25) is 0 Å². The predicted octanol–water partition coefficient (Wildman–Crippen LogP) is 2.33. The molecule has 13 heavy (non-hydrogen) atoms. The summed E-state index contributed by atoms with van der Waals surface area (Å²) in [5, 5.41) is 3.22.